The molecular formula is C20H30N2O2. The molecule has 2 fully saturated rings. The molecule has 1 amide bonds. The second kappa shape index (κ2) is 8.63. The Balaban J connectivity index is 1.46. The molecule has 0 bridgehead atoms. The van der Waals surface area contributed by atoms with Crippen LogP contribution >= 0.6 is 0 Å². The van der Waals surface area contributed by atoms with Gasteiger partial charge in [-0.1, -0.05) is 30.3 Å². The van der Waals surface area contributed by atoms with E-state index in [1.165, 1.54) is 31.5 Å². The summed E-state index contributed by atoms with van der Waals surface area (Å²) in [4.78, 5) is 14.8. The fraction of sp³-hybridized carbons (Fsp3) is 0.650. The van der Waals surface area contributed by atoms with E-state index in [2.05, 4.69) is 22.3 Å². The zero-order chi connectivity index (χ0) is 16.8. The maximum Gasteiger partial charge on any atom is 0.220 e. The molecule has 1 atom stereocenters. The first-order valence-corrected chi connectivity index (χ1v) is 9.44. The maximum absolute atomic E-state index is 12.4. The van der Waals surface area contributed by atoms with Crippen LogP contribution in [0.5, 0.6) is 0 Å². The number of likely N-dealkylation sites (tertiary alicyclic amines) is 1. The van der Waals surface area contributed by atoms with Gasteiger partial charge in [-0.05, 0) is 69.6 Å². The summed E-state index contributed by atoms with van der Waals surface area (Å²) in [5.74, 6) is 0.569. The first-order chi connectivity index (χ1) is 11.7. The molecule has 2 N–H and O–H groups in total. The number of carbonyl (C=O) groups is 1. The molecule has 0 aromatic heterocycles. The summed E-state index contributed by atoms with van der Waals surface area (Å²) in [7, 11) is 0. The second-order valence-corrected chi connectivity index (χ2v) is 7.40. The van der Waals surface area contributed by atoms with Gasteiger partial charge in [0.25, 0.3) is 0 Å². The van der Waals surface area contributed by atoms with Crippen molar-refractivity contribution in [3.63, 3.8) is 0 Å². The highest BCUT2D eigenvalue weighted by molar-refractivity contribution is 5.76. The molecule has 1 aromatic rings. The molecule has 0 spiro atoms. The lowest BCUT2D eigenvalue weighted by molar-refractivity contribution is -0.123. The fourth-order valence-corrected chi connectivity index (χ4v) is 3.91. The number of amides is 1. The van der Waals surface area contributed by atoms with E-state index in [9.17, 15) is 9.90 Å². The zero-order valence-electron chi connectivity index (χ0n) is 14.5. The third kappa shape index (κ3) is 5.05. The van der Waals surface area contributed by atoms with Crippen LogP contribution < -0.4 is 5.32 Å². The smallest absolute Gasteiger partial charge is 0.220 e. The SMILES string of the molecule is O=C(CCCN1CCCC1)NC(Cc1ccccc1)C1CC(O)C1. The third-order valence-corrected chi connectivity index (χ3v) is 5.44. The number of aliphatic hydroxyl groups is 1. The Labute approximate surface area is 145 Å². The molecule has 1 saturated heterocycles. The predicted octanol–water partition coefficient (Wildman–Crippen LogP) is 2.36. The molecule has 1 unspecified atom stereocenters. The summed E-state index contributed by atoms with van der Waals surface area (Å²) in [6.45, 7) is 3.43. The molecule has 1 aliphatic carbocycles. The first-order valence-electron chi connectivity index (χ1n) is 9.44. The van der Waals surface area contributed by atoms with Crippen LogP contribution in [0, 0.1) is 5.92 Å². The van der Waals surface area contributed by atoms with Crippen LogP contribution in [0.4, 0.5) is 0 Å². The van der Waals surface area contributed by atoms with Crippen molar-refractivity contribution in [2.45, 2.75) is 57.1 Å². The van der Waals surface area contributed by atoms with E-state index < -0.39 is 0 Å². The van der Waals surface area contributed by atoms with Crippen molar-refractivity contribution in [2.75, 3.05) is 19.6 Å². The van der Waals surface area contributed by atoms with E-state index in [-0.39, 0.29) is 18.1 Å². The molecule has 0 radical (unpaired) electrons. The van der Waals surface area contributed by atoms with Gasteiger partial charge in [0.15, 0.2) is 0 Å². The van der Waals surface area contributed by atoms with Crippen molar-refractivity contribution in [3.05, 3.63) is 35.9 Å². The Bertz CT molecular complexity index is 508. The van der Waals surface area contributed by atoms with Crippen molar-refractivity contribution >= 4 is 5.91 Å². The second-order valence-electron chi connectivity index (χ2n) is 7.40. The highest BCUT2D eigenvalue weighted by Gasteiger charge is 2.34. The lowest BCUT2D eigenvalue weighted by Crippen LogP contribution is -2.48. The van der Waals surface area contributed by atoms with Gasteiger partial charge in [-0.25, -0.2) is 0 Å². The van der Waals surface area contributed by atoms with E-state index >= 15 is 0 Å². The Hall–Kier alpha value is -1.39. The Morgan fingerprint density at radius 1 is 1.21 bits per heavy atom. The minimum atomic E-state index is -0.180. The standard InChI is InChI=1S/C20H30N2O2/c23-18-14-17(15-18)19(13-16-7-2-1-3-8-16)21-20(24)9-6-12-22-10-4-5-11-22/h1-3,7-8,17-19,23H,4-6,9-15H2,(H,21,24). The van der Waals surface area contributed by atoms with Crippen molar-refractivity contribution in [3.8, 4) is 0 Å². The Morgan fingerprint density at radius 2 is 1.92 bits per heavy atom. The minimum absolute atomic E-state index is 0.148. The Kier molecular flexibility index (Phi) is 6.27. The van der Waals surface area contributed by atoms with Crippen molar-refractivity contribution in [2.24, 2.45) is 5.92 Å². The number of nitrogens with one attached hydrogen (secondary N) is 1. The molecule has 24 heavy (non-hydrogen) atoms. The molecule has 1 aliphatic heterocycles. The number of hydrogen-bond donors (Lipinski definition) is 2. The van der Waals surface area contributed by atoms with E-state index in [1.54, 1.807) is 0 Å². The van der Waals surface area contributed by atoms with Crippen molar-refractivity contribution < 1.29 is 9.90 Å². The van der Waals surface area contributed by atoms with E-state index in [4.69, 9.17) is 0 Å². The molecule has 132 valence electrons. The number of nitrogens with zero attached hydrogens (tertiary/aromatic N) is 1. The minimum Gasteiger partial charge on any atom is -0.393 e. The summed E-state index contributed by atoms with van der Waals surface area (Å²) >= 11 is 0. The van der Waals surface area contributed by atoms with Crippen LogP contribution in [0.15, 0.2) is 30.3 Å². The van der Waals surface area contributed by atoms with Gasteiger partial charge in [-0.15, -0.1) is 0 Å². The zero-order valence-corrected chi connectivity index (χ0v) is 14.5. The van der Waals surface area contributed by atoms with E-state index in [1.807, 2.05) is 18.2 Å². The number of benzene rings is 1. The summed E-state index contributed by atoms with van der Waals surface area (Å²) in [5, 5.41) is 12.9. The first kappa shape index (κ1) is 17.4. The van der Waals surface area contributed by atoms with Crippen molar-refractivity contribution in [1.29, 1.82) is 0 Å². The number of hydrogen-bond acceptors (Lipinski definition) is 3. The molecule has 4 nitrogen and oxygen atoms in total. The van der Waals surface area contributed by atoms with Crippen LogP contribution in [-0.4, -0.2) is 47.7 Å². The highest BCUT2D eigenvalue weighted by atomic mass is 16.3. The van der Waals surface area contributed by atoms with Crippen molar-refractivity contribution in [1.82, 2.24) is 10.2 Å². The average Bonchev–Trinajstić information content (AvgIpc) is 3.06. The molecule has 1 aromatic carbocycles. The van der Waals surface area contributed by atoms with Crippen LogP contribution in [0.2, 0.25) is 0 Å². The maximum atomic E-state index is 12.4. The van der Waals surface area contributed by atoms with Gasteiger partial charge in [-0.2, -0.15) is 0 Å². The topological polar surface area (TPSA) is 52.6 Å². The van der Waals surface area contributed by atoms with Gasteiger partial charge < -0.3 is 15.3 Å². The van der Waals surface area contributed by atoms with Gasteiger partial charge in [0.2, 0.25) is 5.91 Å². The number of aliphatic hydroxyl groups excluding tert-OH is 1. The predicted molar refractivity (Wildman–Crippen MR) is 95.7 cm³/mol. The van der Waals surface area contributed by atoms with Crippen LogP contribution in [0.25, 0.3) is 0 Å². The van der Waals surface area contributed by atoms with Crippen LogP contribution in [0.1, 0.15) is 44.1 Å². The van der Waals surface area contributed by atoms with Gasteiger partial charge in [0.1, 0.15) is 0 Å². The Morgan fingerprint density at radius 3 is 2.58 bits per heavy atom. The number of rotatable bonds is 8. The molecular weight excluding hydrogens is 300 g/mol. The van der Waals surface area contributed by atoms with Gasteiger partial charge in [0.05, 0.1) is 6.10 Å². The van der Waals surface area contributed by atoms with Crippen LogP contribution in [-0.2, 0) is 11.2 Å². The largest absolute Gasteiger partial charge is 0.393 e. The number of carbonyl (C=O) groups excluding carboxylic acids is 1. The normalized spacial score (nSPS) is 25.2. The van der Waals surface area contributed by atoms with E-state index in [0.29, 0.717) is 12.3 Å². The lowest BCUT2D eigenvalue weighted by atomic mass is 9.75. The monoisotopic (exact) mass is 330 g/mol. The molecule has 1 saturated carbocycles. The fourth-order valence-electron chi connectivity index (χ4n) is 3.91. The molecule has 2 aliphatic rings. The third-order valence-electron chi connectivity index (χ3n) is 5.44. The van der Waals surface area contributed by atoms with E-state index in [0.717, 1.165) is 32.2 Å². The summed E-state index contributed by atoms with van der Waals surface area (Å²) < 4.78 is 0. The summed E-state index contributed by atoms with van der Waals surface area (Å²) in [6.07, 6.45) is 6.45. The quantitative estimate of drug-likeness (QED) is 0.769. The van der Waals surface area contributed by atoms with Gasteiger partial charge in [0, 0.05) is 12.5 Å². The van der Waals surface area contributed by atoms with Gasteiger partial charge >= 0.3 is 0 Å². The summed E-state index contributed by atoms with van der Waals surface area (Å²) in [5.41, 5.74) is 1.25. The molecule has 3 rings (SSSR count). The van der Waals surface area contributed by atoms with Crippen LogP contribution in [0.3, 0.4) is 0 Å². The molecule has 1 heterocycles. The average molecular weight is 330 g/mol. The molecule has 4 heteroatoms. The summed E-state index contributed by atoms with van der Waals surface area (Å²) in [6, 6.07) is 10.5. The highest BCUT2D eigenvalue weighted by Crippen LogP contribution is 2.31. The lowest BCUT2D eigenvalue weighted by Gasteiger charge is -2.38. The van der Waals surface area contributed by atoms with Gasteiger partial charge in [-0.3, -0.25) is 4.79 Å².